The Kier molecular flexibility index (Phi) is 7.44. The maximum atomic E-state index is 12.2. The van der Waals surface area contributed by atoms with Gasteiger partial charge in [0, 0.05) is 24.1 Å². The first-order valence-corrected chi connectivity index (χ1v) is 8.91. The first kappa shape index (κ1) is 18.2. The molecule has 0 saturated carbocycles. The van der Waals surface area contributed by atoms with E-state index in [9.17, 15) is 8.42 Å². The summed E-state index contributed by atoms with van der Waals surface area (Å²) >= 11 is 3.32. The van der Waals surface area contributed by atoms with E-state index in [0.29, 0.717) is 18.0 Å². The molecule has 0 amide bonds. The minimum Gasteiger partial charge on any atom is -0.497 e. The third-order valence-electron chi connectivity index (χ3n) is 2.84. The molecule has 0 unspecified atom stereocenters. The Morgan fingerprint density at radius 2 is 2.05 bits per heavy atom. The van der Waals surface area contributed by atoms with Gasteiger partial charge in [-0.2, -0.15) is 12.7 Å². The average Bonchev–Trinajstić information content (AvgIpc) is 2.42. The zero-order valence-corrected chi connectivity index (χ0v) is 14.9. The highest BCUT2D eigenvalue weighted by Crippen LogP contribution is 2.25. The van der Waals surface area contributed by atoms with Crippen molar-refractivity contribution in [2.24, 2.45) is 0 Å². The van der Waals surface area contributed by atoms with E-state index < -0.39 is 10.2 Å². The lowest BCUT2D eigenvalue weighted by Crippen LogP contribution is -2.34. The number of methoxy groups -OCH3 is 1. The number of halogens is 1. The summed E-state index contributed by atoms with van der Waals surface area (Å²) in [6.45, 7) is 4.14. The SMILES string of the molecule is CCNCCCN(C)S(=O)(=O)Nc1cc(Br)cc(OC)c1. The molecular formula is C13H22BrN3O3S. The zero-order chi connectivity index (χ0) is 15.9. The highest BCUT2D eigenvalue weighted by atomic mass is 79.9. The van der Waals surface area contributed by atoms with Gasteiger partial charge in [0.2, 0.25) is 0 Å². The number of hydrogen-bond donors (Lipinski definition) is 2. The lowest BCUT2D eigenvalue weighted by atomic mass is 10.3. The van der Waals surface area contributed by atoms with E-state index in [4.69, 9.17) is 4.74 Å². The molecule has 21 heavy (non-hydrogen) atoms. The van der Waals surface area contributed by atoms with E-state index in [-0.39, 0.29) is 0 Å². The Morgan fingerprint density at radius 1 is 1.33 bits per heavy atom. The van der Waals surface area contributed by atoms with Crippen molar-refractivity contribution in [2.45, 2.75) is 13.3 Å². The summed E-state index contributed by atoms with van der Waals surface area (Å²) in [6, 6.07) is 5.08. The number of nitrogens with zero attached hydrogens (tertiary/aromatic N) is 1. The van der Waals surface area contributed by atoms with Gasteiger partial charge in [0.05, 0.1) is 12.8 Å². The number of rotatable bonds is 9. The molecule has 0 aliphatic rings. The van der Waals surface area contributed by atoms with Gasteiger partial charge in [0.15, 0.2) is 0 Å². The highest BCUT2D eigenvalue weighted by molar-refractivity contribution is 9.10. The summed E-state index contributed by atoms with van der Waals surface area (Å²) in [5.41, 5.74) is 0.458. The molecule has 0 aliphatic heterocycles. The van der Waals surface area contributed by atoms with E-state index in [0.717, 1.165) is 24.0 Å². The van der Waals surface area contributed by atoms with Crippen molar-refractivity contribution >= 4 is 31.8 Å². The fourth-order valence-corrected chi connectivity index (χ4v) is 3.10. The van der Waals surface area contributed by atoms with Gasteiger partial charge in [-0.25, -0.2) is 0 Å². The molecule has 6 nitrogen and oxygen atoms in total. The third kappa shape index (κ3) is 6.21. The van der Waals surface area contributed by atoms with Crippen LogP contribution in [0.4, 0.5) is 5.69 Å². The summed E-state index contributed by atoms with van der Waals surface area (Å²) in [4.78, 5) is 0. The Hall–Kier alpha value is -0.830. The Labute approximate surface area is 135 Å². The quantitative estimate of drug-likeness (QED) is 0.644. The second-order valence-corrected chi connectivity index (χ2v) is 7.21. The molecule has 0 heterocycles. The molecule has 8 heteroatoms. The van der Waals surface area contributed by atoms with Crippen LogP contribution >= 0.6 is 15.9 Å². The van der Waals surface area contributed by atoms with E-state index in [1.807, 2.05) is 6.92 Å². The maximum Gasteiger partial charge on any atom is 0.301 e. The standard InChI is InChI=1S/C13H22BrN3O3S/c1-4-15-6-5-7-17(2)21(18,19)16-12-8-11(14)9-13(10-12)20-3/h8-10,15-16H,4-7H2,1-3H3. The van der Waals surface area contributed by atoms with Gasteiger partial charge in [-0.15, -0.1) is 0 Å². The molecule has 0 saturated heterocycles. The van der Waals surface area contributed by atoms with Crippen LogP contribution in [0.25, 0.3) is 0 Å². The number of hydrogen-bond acceptors (Lipinski definition) is 4. The van der Waals surface area contributed by atoms with Gasteiger partial charge in [0.25, 0.3) is 0 Å². The van der Waals surface area contributed by atoms with Crippen molar-refractivity contribution < 1.29 is 13.2 Å². The second kappa shape index (κ2) is 8.57. The summed E-state index contributed by atoms with van der Waals surface area (Å²) in [5, 5.41) is 3.16. The number of nitrogens with one attached hydrogen (secondary N) is 2. The lowest BCUT2D eigenvalue weighted by Gasteiger charge is -2.18. The molecule has 1 aromatic rings. The second-order valence-electron chi connectivity index (χ2n) is 4.52. The minimum atomic E-state index is -3.56. The van der Waals surface area contributed by atoms with Crippen LogP contribution < -0.4 is 14.8 Å². The van der Waals surface area contributed by atoms with Crippen molar-refractivity contribution in [3.05, 3.63) is 22.7 Å². The molecule has 0 atom stereocenters. The fraction of sp³-hybridized carbons (Fsp3) is 0.538. The molecule has 0 aromatic heterocycles. The third-order valence-corrected chi connectivity index (χ3v) is 4.80. The van der Waals surface area contributed by atoms with E-state index in [1.54, 1.807) is 25.2 Å². The smallest absolute Gasteiger partial charge is 0.301 e. The molecule has 0 fully saturated rings. The van der Waals surface area contributed by atoms with Crippen molar-refractivity contribution in [1.29, 1.82) is 0 Å². The monoisotopic (exact) mass is 379 g/mol. The van der Waals surface area contributed by atoms with Crippen LogP contribution in [0.15, 0.2) is 22.7 Å². The maximum absolute atomic E-state index is 12.2. The summed E-state index contributed by atoms with van der Waals surface area (Å²) in [7, 11) is -0.469. The molecule has 1 rings (SSSR count). The van der Waals surface area contributed by atoms with Crippen LogP contribution in [-0.2, 0) is 10.2 Å². The van der Waals surface area contributed by atoms with Crippen LogP contribution in [0.3, 0.4) is 0 Å². The highest BCUT2D eigenvalue weighted by Gasteiger charge is 2.17. The Morgan fingerprint density at radius 3 is 2.67 bits per heavy atom. The molecule has 120 valence electrons. The van der Waals surface area contributed by atoms with Gasteiger partial charge < -0.3 is 10.1 Å². The van der Waals surface area contributed by atoms with Gasteiger partial charge in [-0.05, 0) is 31.6 Å². The molecular weight excluding hydrogens is 358 g/mol. The van der Waals surface area contributed by atoms with Crippen LogP contribution in [0.5, 0.6) is 5.75 Å². The molecule has 1 aromatic carbocycles. The fourth-order valence-electron chi connectivity index (χ4n) is 1.69. The van der Waals surface area contributed by atoms with Crippen molar-refractivity contribution in [1.82, 2.24) is 9.62 Å². The molecule has 0 spiro atoms. The van der Waals surface area contributed by atoms with Gasteiger partial charge in [-0.1, -0.05) is 22.9 Å². The summed E-state index contributed by atoms with van der Waals surface area (Å²) < 4.78 is 34.1. The van der Waals surface area contributed by atoms with Crippen molar-refractivity contribution in [3.63, 3.8) is 0 Å². The first-order valence-electron chi connectivity index (χ1n) is 6.68. The Balaban J connectivity index is 2.68. The summed E-state index contributed by atoms with van der Waals surface area (Å²) in [5.74, 6) is 0.580. The summed E-state index contributed by atoms with van der Waals surface area (Å²) in [6.07, 6.45) is 0.757. The van der Waals surface area contributed by atoms with Crippen LogP contribution in [0.2, 0.25) is 0 Å². The average molecular weight is 380 g/mol. The van der Waals surface area contributed by atoms with Gasteiger partial charge >= 0.3 is 10.2 Å². The van der Waals surface area contributed by atoms with Crippen LogP contribution in [0, 0.1) is 0 Å². The topological polar surface area (TPSA) is 70.7 Å². The minimum absolute atomic E-state index is 0.452. The van der Waals surface area contributed by atoms with Crippen LogP contribution in [-0.4, -0.2) is 46.5 Å². The molecule has 0 radical (unpaired) electrons. The zero-order valence-electron chi connectivity index (χ0n) is 12.5. The van der Waals surface area contributed by atoms with Crippen molar-refractivity contribution in [2.75, 3.05) is 38.5 Å². The first-order chi connectivity index (χ1) is 9.89. The largest absolute Gasteiger partial charge is 0.497 e. The Bertz CT molecular complexity index is 552. The number of ether oxygens (including phenoxy) is 1. The molecule has 0 aliphatic carbocycles. The predicted molar refractivity (Wildman–Crippen MR) is 89.0 cm³/mol. The lowest BCUT2D eigenvalue weighted by molar-refractivity contribution is 0.414. The van der Waals surface area contributed by atoms with Gasteiger partial charge in [-0.3, -0.25) is 4.72 Å². The van der Waals surface area contributed by atoms with E-state index in [2.05, 4.69) is 26.0 Å². The van der Waals surface area contributed by atoms with Crippen molar-refractivity contribution in [3.8, 4) is 5.75 Å². The number of benzene rings is 1. The van der Waals surface area contributed by atoms with Gasteiger partial charge in [0.1, 0.15) is 5.75 Å². The normalized spacial score (nSPS) is 11.7. The van der Waals surface area contributed by atoms with E-state index in [1.165, 1.54) is 11.4 Å². The van der Waals surface area contributed by atoms with Crippen LogP contribution in [0.1, 0.15) is 13.3 Å². The number of anilines is 1. The van der Waals surface area contributed by atoms with E-state index >= 15 is 0 Å². The molecule has 0 bridgehead atoms. The molecule has 2 N–H and O–H groups in total. The predicted octanol–water partition coefficient (Wildman–Crippen LogP) is 2.05.